The van der Waals surface area contributed by atoms with E-state index >= 15 is 0 Å². The molecular weight excluding hydrogens is 282 g/mol. The van der Waals surface area contributed by atoms with Crippen molar-refractivity contribution < 1.29 is 4.74 Å². The topological polar surface area (TPSA) is 47.0 Å². The largest absolute Gasteiger partial charge is 0.496 e. The van der Waals surface area contributed by atoms with Gasteiger partial charge in [0, 0.05) is 11.6 Å². The van der Waals surface area contributed by atoms with E-state index in [1.165, 1.54) is 25.7 Å². The average molecular weight is 303 g/mol. The molecule has 2 aromatic rings. The first-order valence-corrected chi connectivity index (χ1v) is 8.24. The Kier molecular flexibility index (Phi) is 4.10. The molecule has 112 valence electrons. The molecule has 1 fully saturated rings. The van der Waals surface area contributed by atoms with Gasteiger partial charge in [0.2, 0.25) is 5.13 Å². The first-order chi connectivity index (χ1) is 10.2. The number of aryl methyl sites for hydroxylation is 2. The Balaban J connectivity index is 1.82. The number of rotatable bonds is 4. The third-order valence-corrected chi connectivity index (χ3v) is 4.92. The van der Waals surface area contributed by atoms with Crippen molar-refractivity contribution in [2.24, 2.45) is 0 Å². The van der Waals surface area contributed by atoms with Crippen molar-refractivity contribution >= 4 is 16.5 Å². The van der Waals surface area contributed by atoms with Gasteiger partial charge in [-0.15, -0.1) is 10.2 Å². The van der Waals surface area contributed by atoms with Crippen LogP contribution >= 0.6 is 11.3 Å². The predicted molar refractivity (Wildman–Crippen MR) is 87.2 cm³/mol. The minimum absolute atomic E-state index is 0.574. The minimum atomic E-state index is 0.574. The van der Waals surface area contributed by atoms with E-state index in [-0.39, 0.29) is 0 Å². The maximum atomic E-state index is 5.42. The second kappa shape index (κ2) is 6.02. The van der Waals surface area contributed by atoms with Crippen LogP contribution in [0.1, 0.15) is 36.8 Å². The molecule has 3 rings (SSSR count). The Morgan fingerprint density at radius 3 is 2.43 bits per heavy atom. The molecule has 1 heterocycles. The van der Waals surface area contributed by atoms with Crippen molar-refractivity contribution in [3.8, 4) is 16.3 Å². The molecule has 1 aliphatic rings. The van der Waals surface area contributed by atoms with Crippen molar-refractivity contribution in [2.45, 2.75) is 45.6 Å². The smallest absolute Gasteiger partial charge is 0.206 e. The Morgan fingerprint density at radius 2 is 1.81 bits per heavy atom. The summed E-state index contributed by atoms with van der Waals surface area (Å²) in [6.45, 7) is 4.13. The second-order valence-electron chi connectivity index (χ2n) is 5.68. The van der Waals surface area contributed by atoms with E-state index in [1.807, 2.05) is 0 Å². The van der Waals surface area contributed by atoms with E-state index < -0.39 is 0 Å². The zero-order valence-corrected chi connectivity index (χ0v) is 13.6. The number of hydrogen-bond acceptors (Lipinski definition) is 5. The van der Waals surface area contributed by atoms with Gasteiger partial charge in [0.15, 0.2) is 0 Å². The molecule has 0 amide bonds. The Hall–Kier alpha value is -1.62. The third kappa shape index (κ3) is 3.02. The number of anilines is 1. The lowest BCUT2D eigenvalue weighted by molar-refractivity contribution is 0.408. The molecule has 1 N–H and O–H groups in total. The summed E-state index contributed by atoms with van der Waals surface area (Å²) in [6.07, 6.45) is 5.13. The van der Waals surface area contributed by atoms with E-state index in [0.717, 1.165) is 32.6 Å². The average Bonchev–Trinajstić information content (AvgIpc) is 3.10. The van der Waals surface area contributed by atoms with Crippen LogP contribution in [0.3, 0.4) is 0 Å². The fourth-order valence-corrected chi connectivity index (χ4v) is 3.85. The van der Waals surface area contributed by atoms with E-state index in [2.05, 4.69) is 41.5 Å². The highest BCUT2D eigenvalue weighted by molar-refractivity contribution is 7.18. The number of nitrogens with zero attached hydrogens (tertiary/aromatic N) is 2. The van der Waals surface area contributed by atoms with E-state index in [1.54, 1.807) is 18.4 Å². The van der Waals surface area contributed by atoms with E-state index in [9.17, 15) is 0 Å². The van der Waals surface area contributed by atoms with Crippen LogP contribution in [0.2, 0.25) is 0 Å². The van der Waals surface area contributed by atoms with Crippen LogP contribution in [0, 0.1) is 13.8 Å². The fraction of sp³-hybridized carbons (Fsp3) is 0.500. The van der Waals surface area contributed by atoms with Gasteiger partial charge in [-0.25, -0.2) is 0 Å². The van der Waals surface area contributed by atoms with Crippen LogP contribution in [0.5, 0.6) is 5.75 Å². The highest BCUT2D eigenvalue weighted by Crippen LogP contribution is 2.33. The molecule has 0 spiro atoms. The van der Waals surface area contributed by atoms with Crippen molar-refractivity contribution in [3.05, 3.63) is 23.3 Å². The normalized spacial score (nSPS) is 15.4. The minimum Gasteiger partial charge on any atom is -0.496 e. The number of nitrogens with one attached hydrogen (secondary N) is 1. The van der Waals surface area contributed by atoms with Gasteiger partial charge in [-0.05, 0) is 49.9 Å². The summed E-state index contributed by atoms with van der Waals surface area (Å²) < 4.78 is 5.42. The molecule has 4 nitrogen and oxygen atoms in total. The lowest BCUT2D eigenvalue weighted by Crippen LogP contribution is -2.13. The maximum absolute atomic E-state index is 5.42. The first-order valence-electron chi connectivity index (χ1n) is 7.43. The lowest BCUT2D eigenvalue weighted by Gasteiger charge is -2.10. The maximum Gasteiger partial charge on any atom is 0.206 e. The van der Waals surface area contributed by atoms with Gasteiger partial charge in [-0.2, -0.15) is 0 Å². The Labute approximate surface area is 129 Å². The Morgan fingerprint density at radius 1 is 1.14 bits per heavy atom. The van der Waals surface area contributed by atoms with Crippen LogP contribution in [0.25, 0.3) is 10.6 Å². The highest BCUT2D eigenvalue weighted by Gasteiger charge is 2.17. The molecule has 21 heavy (non-hydrogen) atoms. The van der Waals surface area contributed by atoms with Crippen molar-refractivity contribution in [2.75, 3.05) is 12.4 Å². The highest BCUT2D eigenvalue weighted by atomic mass is 32.1. The van der Waals surface area contributed by atoms with Crippen LogP contribution in [0.4, 0.5) is 5.13 Å². The summed E-state index contributed by atoms with van der Waals surface area (Å²) >= 11 is 1.63. The summed E-state index contributed by atoms with van der Waals surface area (Å²) in [4.78, 5) is 0. The van der Waals surface area contributed by atoms with Crippen LogP contribution < -0.4 is 10.1 Å². The van der Waals surface area contributed by atoms with Gasteiger partial charge in [0.05, 0.1) is 7.11 Å². The third-order valence-electron chi connectivity index (χ3n) is 4.02. The second-order valence-corrected chi connectivity index (χ2v) is 6.66. The number of benzene rings is 1. The van der Waals surface area contributed by atoms with Crippen molar-refractivity contribution in [3.63, 3.8) is 0 Å². The molecule has 0 radical (unpaired) electrons. The van der Waals surface area contributed by atoms with Crippen LogP contribution in [-0.4, -0.2) is 23.3 Å². The zero-order chi connectivity index (χ0) is 14.8. The summed E-state index contributed by atoms with van der Waals surface area (Å²) in [5, 5.41) is 14.0. The van der Waals surface area contributed by atoms with Crippen LogP contribution in [0.15, 0.2) is 12.1 Å². The molecule has 0 atom stereocenters. The molecule has 0 unspecified atom stereocenters. The van der Waals surface area contributed by atoms with Gasteiger partial charge in [0.1, 0.15) is 10.8 Å². The van der Waals surface area contributed by atoms with Crippen molar-refractivity contribution in [1.82, 2.24) is 10.2 Å². The summed E-state index contributed by atoms with van der Waals surface area (Å²) in [7, 11) is 1.71. The number of ether oxygens (including phenoxy) is 1. The van der Waals surface area contributed by atoms with Crippen LogP contribution in [-0.2, 0) is 0 Å². The SMILES string of the molecule is COc1c(C)cc(-c2nnc(NC3CCCC3)s2)cc1C. The standard InChI is InChI=1S/C16H21N3OS/c1-10-8-12(9-11(2)14(10)20-3)15-18-19-16(21-15)17-13-6-4-5-7-13/h8-9,13H,4-7H2,1-3H3,(H,17,19). The molecule has 1 saturated carbocycles. The number of aromatic nitrogens is 2. The molecular formula is C16H21N3OS. The van der Waals surface area contributed by atoms with Gasteiger partial charge in [-0.1, -0.05) is 24.2 Å². The monoisotopic (exact) mass is 303 g/mol. The zero-order valence-electron chi connectivity index (χ0n) is 12.8. The molecule has 5 heteroatoms. The lowest BCUT2D eigenvalue weighted by atomic mass is 10.1. The van der Waals surface area contributed by atoms with Crippen molar-refractivity contribution in [1.29, 1.82) is 0 Å². The van der Waals surface area contributed by atoms with Gasteiger partial charge < -0.3 is 10.1 Å². The van der Waals surface area contributed by atoms with Gasteiger partial charge in [0.25, 0.3) is 0 Å². The molecule has 0 saturated heterocycles. The quantitative estimate of drug-likeness (QED) is 0.920. The molecule has 0 aliphatic heterocycles. The first kappa shape index (κ1) is 14.3. The van der Waals surface area contributed by atoms with Gasteiger partial charge in [-0.3, -0.25) is 0 Å². The summed E-state index contributed by atoms with van der Waals surface area (Å²) in [6, 6.07) is 4.81. The summed E-state index contributed by atoms with van der Waals surface area (Å²) in [5.74, 6) is 0.951. The molecule has 1 aromatic carbocycles. The molecule has 1 aromatic heterocycles. The molecule has 1 aliphatic carbocycles. The van der Waals surface area contributed by atoms with E-state index in [0.29, 0.717) is 6.04 Å². The predicted octanol–water partition coefficient (Wildman–Crippen LogP) is 4.19. The molecule has 0 bridgehead atoms. The summed E-state index contributed by atoms with van der Waals surface area (Å²) in [5.41, 5.74) is 3.38. The van der Waals surface area contributed by atoms with Gasteiger partial charge >= 0.3 is 0 Å². The Bertz CT molecular complexity index is 609. The fourth-order valence-electron chi connectivity index (χ4n) is 3.04. The number of hydrogen-bond donors (Lipinski definition) is 1. The van der Waals surface area contributed by atoms with E-state index in [4.69, 9.17) is 4.74 Å². The number of methoxy groups -OCH3 is 1.